The Morgan fingerprint density at radius 3 is 1.29 bits per heavy atom. The van der Waals surface area contributed by atoms with Gasteiger partial charge in [0.05, 0.1) is 25.2 Å². The van der Waals surface area contributed by atoms with Crippen molar-refractivity contribution in [3.63, 3.8) is 0 Å². The first-order chi connectivity index (χ1) is 32.5. The summed E-state index contributed by atoms with van der Waals surface area (Å²) in [5, 5.41) is 23.8. The molecule has 3 atom stereocenters. The Morgan fingerprint density at radius 2 is 0.833 bits per heavy atom. The Balaban J connectivity index is 4.59. The highest BCUT2D eigenvalue weighted by atomic mass is 16.5. The van der Waals surface area contributed by atoms with Crippen LogP contribution >= 0.6 is 0 Å². The van der Waals surface area contributed by atoms with Crippen LogP contribution in [0.2, 0.25) is 0 Å². The predicted molar refractivity (Wildman–Crippen MR) is 287 cm³/mol. The fourth-order valence-corrected chi connectivity index (χ4v) is 8.28. The molecule has 0 bridgehead atoms. The van der Waals surface area contributed by atoms with Gasteiger partial charge in [0.2, 0.25) is 5.91 Å². The highest BCUT2D eigenvalue weighted by Crippen LogP contribution is 2.17. The summed E-state index contributed by atoms with van der Waals surface area (Å²) in [7, 11) is 0. The van der Waals surface area contributed by atoms with Gasteiger partial charge in [0.25, 0.3) is 0 Å². The average molecular weight is 923 g/mol. The van der Waals surface area contributed by atoms with Crippen molar-refractivity contribution in [3.05, 3.63) is 72.9 Å². The van der Waals surface area contributed by atoms with Crippen molar-refractivity contribution in [2.75, 3.05) is 6.61 Å². The molecule has 0 aromatic rings. The molecule has 0 radical (unpaired) electrons. The minimum Gasteiger partial charge on any atom is -0.462 e. The summed E-state index contributed by atoms with van der Waals surface area (Å²) in [6, 6.07) is -0.720. The van der Waals surface area contributed by atoms with Crippen molar-refractivity contribution in [1.82, 2.24) is 5.32 Å². The van der Waals surface area contributed by atoms with Gasteiger partial charge in [0, 0.05) is 6.42 Å². The molecule has 0 saturated heterocycles. The summed E-state index contributed by atoms with van der Waals surface area (Å²) >= 11 is 0. The van der Waals surface area contributed by atoms with E-state index in [0.717, 1.165) is 96.3 Å². The number of allylic oxidation sites excluding steroid dienone is 12. The maximum Gasteiger partial charge on any atom is 0.306 e. The number of esters is 1. The van der Waals surface area contributed by atoms with E-state index in [1.807, 2.05) is 0 Å². The SMILES string of the molecule is CC/C=C\C/C=C\C/C=C\C/C=C\C/C=C\CCCCCC(=O)OC(CCC/C=C\CCCCCCCCC)CC(=O)NC(CO)C(O)CCCCCCCCCCCCCCCCCC. The molecule has 0 fully saturated rings. The number of hydrogen-bond donors (Lipinski definition) is 3. The molecule has 6 nitrogen and oxygen atoms in total. The summed E-state index contributed by atoms with van der Waals surface area (Å²) < 4.78 is 5.92. The van der Waals surface area contributed by atoms with Gasteiger partial charge in [-0.15, -0.1) is 0 Å². The van der Waals surface area contributed by atoms with E-state index >= 15 is 0 Å². The van der Waals surface area contributed by atoms with Crippen LogP contribution in [0.25, 0.3) is 0 Å². The van der Waals surface area contributed by atoms with Crippen LogP contribution < -0.4 is 5.32 Å². The largest absolute Gasteiger partial charge is 0.462 e. The molecule has 0 aliphatic heterocycles. The molecule has 0 aromatic heterocycles. The van der Waals surface area contributed by atoms with Crippen molar-refractivity contribution >= 4 is 11.9 Å². The van der Waals surface area contributed by atoms with Crippen molar-refractivity contribution in [3.8, 4) is 0 Å². The van der Waals surface area contributed by atoms with E-state index in [1.165, 1.54) is 128 Å². The van der Waals surface area contributed by atoms with E-state index < -0.39 is 18.2 Å². The first-order valence-corrected chi connectivity index (χ1v) is 28.2. The number of rotatable bonds is 50. The van der Waals surface area contributed by atoms with E-state index in [0.29, 0.717) is 19.3 Å². The molecular formula is C60H107NO5. The molecule has 3 unspecified atom stereocenters. The van der Waals surface area contributed by atoms with Crippen molar-refractivity contribution < 1.29 is 24.5 Å². The standard InChI is InChI=1S/C60H107NO5/c1-4-7-10-13-16-19-22-25-27-29-30-31-33-35-38-41-44-47-50-53-60(65)66-56(51-48-45-42-39-36-24-21-18-15-12-9-6-3)54-59(64)61-57(55-62)58(63)52-49-46-43-40-37-34-32-28-26-23-20-17-14-11-8-5-2/h7,10,16,19,25,27,30-31,35,38-39,42,56-58,62-63H,4-6,8-9,11-15,17-18,20-24,26,28-29,32-34,36-37,40-41,43-55H2,1-3H3,(H,61,64)/b10-7-,19-16-,27-25-,31-30-,38-35-,42-39-. The third kappa shape index (κ3) is 47.8. The number of carbonyl (C=O) groups is 2. The van der Waals surface area contributed by atoms with Crippen LogP contribution in [0.1, 0.15) is 271 Å². The van der Waals surface area contributed by atoms with Gasteiger partial charge in [-0.3, -0.25) is 9.59 Å². The third-order valence-corrected chi connectivity index (χ3v) is 12.5. The van der Waals surface area contributed by atoms with Crippen LogP contribution in [0, 0.1) is 0 Å². The molecule has 66 heavy (non-hydrogen) atoms. The lowest BCUT2D eigenvalue weighted by Crippen LogP contribution is -2.46. The van der Waals surface area contributed by atoms with Gasteiger partial charge in [0.1, 0.15) is 6.10 Å². The first kappa shape index (κ1) is 63.3. The maximum atomic E-state index is 13.2. The Hall–Kier alpha value is -2.70. The molecule has 0 aliphatic rings. The van der Waals surface area contributed by atoms with Gasteiger partial charge < -0.3 is 20.3 Å². The lowest BCUT2D eigenvalue weighted by Gasteiger charge is -2.24. The number of nitrogens with one attached hydrogen (secondary N) is 1. The van der Waals surface area contributed by atoms with Crippen LogP contribution in [0.4, 0.5) is 0 Å². The number of unbranched alkanes of at least 4 members (excludes halogenated alkanes) is 26. The van der Waals surface area contributed by atoms with Crippen molar-refractivity contribution in [2.24, 2.45) is 0 Å². The monoisotopic (exact) mass is 922 g/mol. The van der Waals surface area contributed by atoms with Crippen molar-refractivity contribution in [2.45, 2.75) is 289 Å². The zero-order chi connectivity index (χ0) is 48.1. The first-order valence-electron chi connectivity index (χ1n) is 28.2. The normalized spacial score (nSPS) is 13.7. The minimum absolute atomic E-state index is 0.0415. The topological polar surface area (TPSA) is 95.9 Å². The van der Waals surface area contributed by atoms with E-state index in [2.05, 4.69) is 99.0 Å². The number of carbonyl (C=O) groups excluding carboxylic acids is 2. The molecule has 0 heterocycles. The number of aliphatic hydroxyl groups is 2. The van der Waals surface area contributed by atoms with Gasteiger partial charge in [0.15, 0.2) is 0 Å². The van der Waals surface area contributed by atoms with Crippen LogP contribution in [-0.4, -0.2) is 46.9 Å². The van der Waals surface area contributed by atoms with Gasteiger partial charge in [-0.05, 0) is 89.9 Å². The van der Waals surface area contributed by atoms with Crippen molar-refractivity contribution in [1.29, 1.82) is 0 Å². The second-order valence-corrected chi connectivity index (χ2v) is 19.0. The predicted octanol–water partition coefficient (Wildman–Crippen LogP) is 17.3. The van der Waals surface area contributed by atoms with Crippen LogP contribution in [0.5, 0.6) is 0 Å². The molecule has 1 amide bonds. The molecular weight excluding hydrogens is 815 g/mol. The minimum atomic E-state index is -0.803. The fourth-order valence-electron chi connectivity index (χ4n) is 8.28. The van der Waals surface area contributed by atoms with E-state index in [9.17, 15) is 19.8 Å². The highest BCUT2D eigenvalue weighted by Gasteiger charge is 2.24. The summed E-state index contributed by atoms with van der Waals surface area (Å²) in [6.45, 7) is 6.37. The highest BCUT2D eigenvalue weighted by molar-refractivity contribution is 5.77. The van der Waals surface area contributed by atoms with Crippen LogP contribution in [0.3, 0.4) is 0 Å². The average Bonchev–Trinajstić information content (AvgIpc) is 3.31. The molecule has 0 aliphatic carbocycles. The zero-order valence-electron chi connectivity index (χ0n) is 43.6. The summed E-state index contributed by atoms with van der Waals surface area (Å²) in [4.78, 5) is 26.2. The molecule has 6 heteroatoms. The van der Waals surface area contributed by atoms with E-state index in [1.54, 1.807) is 0 Å². The molecule has 0 spiro atoms. The second-order valence-electron chi connectivity index (χ2n) is 19.0. The van der Waals surface area contributed by atoms with Gasteiger partial charge in [-0.2, -0.15) is 0 Å². The van der Waals surface area contributed by atoms with Gasteiger partial charge in [-0.1, -0.05) is 241 Å². The summed E-state index contributed by atoms with van der Waals surface area (Å²) in [5.41, 5.74) is 0. The van der Waals surface area contributed by atoms with E-state index in [-0.39, 0.29) is 24.9 Å². The molecule has 0 saturated carbocycles. The lowest BCUT2D eigenvalue weighted by atomic mass is 10.0. The van der Waals surface area contributed by atoms with Gasteiger partial charge in [-0.25, -0.2) is 0 Å². The molecule has 3 N–H and O–H groups in total. The summed E-state index contributed by atoms with van der Waals surface area (Å²) in [5.74, 6) is -0.538. The Morgan fingerprint density at radius 1 is 0.455 bits per heavy atom. The second kappa shape index (κ2) is 53.3. The molecule has 0 rings (SSSR count). The fraction of sp³-hybridized carbons (Fsp3) is 0.767. The Kier molecular flexibility index (Phi) is 51.1. The summed E-state index contributed by atoms with van der Waals surface area (Å²) in [6.07, 6.45) is 68.3. The van der Waals surface area contributed by atoms with E-state index in [4.69, 9.17) is 4.74 Å². The maximum absolute atomic E-state index is 13.2. The smallest absolute Gasteiger partial charge is 0.306 e. The zero-order valence-corrected chi connectivity index (χ0v) is 43.6. The number of ether oxygens (including phenoxy) is 1. The van der Waals surface area contributed by atoms with Crippen LogP contribution in [0.15, 0.2) is 72.9 Å². The molecule has 0 aromatic carbocycles. The molecule has 382 valence electrons. The third-order valence-electron chi connectivity index (χ3n) is 12.5. The quantitative estimate of drug-likeness (QED) is 0.0321. The lowest BCUT2D eigenvalue weighted by molar-refractivity contribution is -0.151. The number of hydrogen-bond acceptors (Lipinski definition) is 5. The number of aliphatic hydroxyl groups excluding tert-OH is 2. The van der Waals surface area contributed by atoms with Crippen LogP contribution in [-0.2, 0) is 14.3 Å². The Bertz CT molecular complexity index is 1220. The van der Waals surface area contributed by atoms with Gasteiger partial charge >= 0.3 is 5.97 Å². The Labute approximate surface area is 409 Å². The number of amides is 1.